The van der Waals surface area contributed by atoms with Gasteiger partial charge in [0.2, 0.25) is 0 Å². The van der Waals surface area contributed by atoms with Gasteiger partial charge in [-0.3, -0.25) is 0 Å². The highest BCUT2D eigenvalue weighted by molar-refractivity contribution is 8.00. The number of halogens is 3. The molecule has 0 spiro atoms. The second-order valence-electron chi connectivity index (χ2n) is 3.28. The summed E-state index contributed by atoms with van der Waals surface area (Å²) in [5, 5.41) is 9.46. The zero-order chi connectivity index (χ0) is 12.3. The molecule has 0 amide bonds. The number of hydrogen-bond donors (Lipinski definition) is 2. The van der Waals surface area contributed by atoms with Crippen molar-refractivity contribution in [1.82, 2.24) is 0 Å². The van der Waals surface area contributed by atoms with Crippen molar-refractivity contribution in [3.63, 3.8) is 0 Å². The van der Waals surface area contributed by atoms with Crippen LogP contribution in [0.4, 0.5) is 13.2 Å². The zero-order valence-electron chi connectivity index (χ0n) is 8.58. The monoisotopic (exact) mass is 251 g/mol. The Kier molecular flexibility index (Phi) is 4.09. The lowest BCUT2D eigenvalue weighted by Gasteiger charge is -2.13. The summed E-state index contributed by atoms with van der Waals surface area (Å²) < 4.78 is 36.4. The summed E-state index contributed by atoms with van der Waals surface area (Å²) in [6.45, 7) is 1.80. The molecule has 0 aromatic heterocycles. The van der Waals surface area contributed by atoms with Gasteiger partial charge >= 0.3 is 5.51 Å². The second-order valence-corrected chi connectivity index (χ2v) is 4.42. The lowest BCUT2D eigenvalue weighted by atomic mass is 10.0. The Balaban J connectivity index is 2.98. The number of benzene rings is 1. The van der Waals surface area contributed by atoms with E-state index in [9.17, 15) is 18.3 Å². The van der Waals surface area contributed by atoms with E-state index >= 15 is 0 Å². The van der Waals surface area contributed by atoms with E-state index < -0.39 is 11.6 Å². The molecule has 90 valence electrons. The third-order valence-electron chi connectivity index (χ3n) is 2.07. The van der Waals surface area contributed by atoms with Crippen molar-refractivity contribution in [3.8, 4) is 5.75 Å². The number of phenolic OH excluding ortho intramolecular Hbond substituents is 1. The molecule has 0 fully saturated rings. The Morgan fingerprint density at radius 2 is 2.06 bits per heavy atom. The number of alkyl halides is 3. The Labute approximate surface area is 95.6 Å². The Bertz CT molecular complexity index is 368. The van der Waals surface area contributed by atoms with Gasteiger partial charge in [0.1, 0.15) is 5.75 Å². The highest BCUT2D eigenvalue weighted by Crippen LogP contribution is 2.39. The van der Waals surface area contributed by atoms with E-state index in [1.54, 1.807) is 6.92 Å². The van der Waals surface area contributed by atoms with Gasteiger partial charge in [0.15, 0.2) is 0 Å². The van der Waals surface area contributed by atoms with Crippen LogP contribution in [0.2, 0.25) is 0 Å². The quantitative estimate of drug-likeness (QED) is 0.809. The highest BCUT2D eigenvalue weighted by Gasteiger charge is 2.29. The summed E-state index contributed by atoms with van der Waals surface area (Å²) in [5.41, 5.74) is 1.69. The summed E-state index contributed by atoms with van der Waals surface area (Å²) in [4.78, 5) is 0.0317. The third kappa shape index (κ3) is 3.61. The van der Waals surface area contributed by atoms with Gasteiger partial charge in [-0.05, 0) is 36.4 Å². The lowest BCUT2D eigenvalue weighted by molar-refractivity contribution is -0.0328. The normalized spacial score (nSPS) is 13.8. The molecule has 0 heterocycles. The van der Waals surface area contributed by atoms with Crippen molar-refractivity contribution in [2.24, 2.45) is 5.73 Å². The molecule has 1 rings (SSSR count). The number of thioether (sulfide) groups is 1. The number of phenols is 1. The first-order valence-corrected chi connectivity index (χ1v) is 5.49. The molecule has 16 heavy (non-hydrogen) atoms. The molecule has 1 atom stereocenters. The maximum absolute atomic E-state index is 12.1. The van der Waals surface area contributed by atoms with Crippen LogP contribution >= 0.6 is 11.8 Å². The van der Waals surface area contributed by atoms with Gasteiger partial charge in [-0.25, -0.2) is 0 Å². The lowest BCUT2D eigenvalue weighted by Crippen LogP contribution is -2.09. The molecule has 6 heteroatoms. The molecule has 1 aromatic carbocycles. The molecule has 1 aromatic rings. The molecular formula is C10H12F3NOS. The minimum absolute atomic E-state index is 0.0317. The molecule has 0 saturated carbocycles. The summed E-state index contributed by atoms with van der Waals surface area (Å²) in [6, 6.07) is 3.29. The fourth-order valence-electron chi connectivity index (χ4n) is 1.25. The number of aromatic hydroxyl groups is 1. The topological polar surface area (TPSA) is 46.2 Å². The Morgan fingerprint density at radius 1 is 1.44 bits per heavy atom. The van der Waals surface area contributed by atoms with Gasteiger partial charge < -0.3 is 10.8 Å². The molecule has 3 N–H and O–H groups in total. The maximum atomic E-state index is 12.1. The van der Waals surface area contributed by atoms with Crippen LogP contribution in [0.3, 0.4) is 0 Å². The predicted octanol–water partition coefficient (Wildman–Crippen LogP) is 3.41. The molecule has 0 saturated heterocycles. The number of hydrogen-bond acceptors (Lipinski definition) is 3. The first kappa shape index (κ1) is 13.2. The predicted molar refractivity (Wildman–Crippen MR) is 57.2 cm³/mol. The van der Waals surface area contributed by atoms with Crippen LogP contribution in [-0.4, -0.2) is 10.6 Å². The van der Waals surface area contributed by atoms with Crippen LogP contribution in [0, 0.1) is 0 Å². The van der Waals surface area contributed by atoms with E-state index in [0.717, 1.165) is 0 Å². The van der Waals surface area contributed by atoms with Gasteiger partial charge in [-0.2, -0.15) is 13.2 Å². The van der Waals surface area contributed by atoms with Crippen LogP contribution in [-0.2, 0) is 0 Å². The molecule has 0 bridgehead atoms. The van der Waals surface area contributed by atoms with Gasteiger partial charge in [0, 0.05) is 16.5 Å². The van der Waals surface area contributed by atoms with Gasteiger partial charge in [0.25, 0.3) is 0 Å². The van der Waals surface area contributed by atoms with Crippen LogP contribution in [0.15, 0.2) is 23.1 Å². The molecule has 0 unspecified atom stereocenters. The first-order valence-electron chi connectivity index (χ1n) is 4.67. The van der Waals surface area contributed by atoms with Crippen molar-refractivity contribution < 1.29 is 18.3 Å². The molecular weight excluding hydrogens is 239 g/mol. The van der Waals surface area contributed by atoms with Crippen LogP contribution in [0.1, 0.15) is 24.9 Å². The Hall–Kier alpha value is -0.880. The van der Waals surface area contributed by atoms with Crippen LogP contribution in [0.25, 0.3) is 0 Å². The van der Waals surface area contributed by atoms with Gasteiger partial charge in [0.05, 0.1) is 0 Å². The summed E-state index contributed by atoms with van der Waals surface area (Å²) >= 11 is -0.215. The van der Waals surface area contributed by atoms with E-state index in [0.29, 0.717) is 12.0 Å². The molecule has 0 aliphatic carbocycles. The van der Waals surface area contributed by atoms with Crippen LogP contribution < -0.4 is 5.73 Å². The summed E-state index contributed by atoms with van der Waals surface area (Å²) in [5.74, 6) is -0.0686. The van der Waals surface area contributed by atoms with Crippen molar-refractivity contribution >= 4 is 11.8 Å². The van der Waals surface area contributed by atoms with Crippen molar-refractivity contribution in [1.29, 1.82) is 0 Å². The first-order chi connectivity index (χ1) is 7.33. The largest absolute Gasteiger partial charge is 0.508 e. The average Bonchev–Trinajstić information content (AvgIpc) is 2.18. The number of nitrogens with two attached hydrogens (primary N) is 1. The summed E-state index contributed by atoms with van der Waals surface area (Å²) in [6.07, 6.45) is 0.549. The standard InChI is InChI=1S/C10H12F3NOS/c1-2-8(14)7-5-6(3-4-9(7)15)16-10(11,12)13/h3-5,8,15H,2,14H2,1H3/t8-/m1/s1. The molecule has 0 aliphatic heterocycles. The smallest absolute Gasteiger partial charge is 0.446 e. The second kappa shape index (κ2) is 4.97. The van der Waals surface area contributed by atoms with Gasteiger partial charge in [-0.15, -0.1) is 0 Å². The van der Waals surface area contributed by atoms with E-state index in [-0.39, 0.29) is 22.4 Å². The van der Waals surface area contributed by atoms with Crippen molar-refractivity contribution in [3.05, 3.63) is 23.8 Å². The molecule has 0 aliphatic rings. The minimum Gasteiger partial charge on any atom is -0.508 e. The SMILES string of the molecule is CC[C@@H](N)c1cc(SC(F)(F)F)ccc1O. The van der Waals surface area contributed by atoms with Crippen molar-refractivity contribution in [2.75, 3.05) is 0 Å². The van der Waals surface area contributed by atoms with Crippen molar-refractivity contribution in [2.45, 2.75) is 29.8 Å². The number of rotatable bonds is 3. The van der Waals surface area contributed by atoms with E-state index in [2.05, 4.69) is 0 Å². The van der Waals surface area contributed by atoms with E-state index in [4.69, 9.17) is 5.73 Å². The highest BCUT2D eigenvalue weighted by atomic mass is 32.2. The fraction of sp³-hybridized carbons (Fsp3) is 0.400. The minimum atomic E-state index is -4.33. The van der Waals surface area contributed by atoms with Gasteiger partial charge in [-0.1, -0.05) is 6.92 Å². The maximum Gasteiger partial charge on any atom is 0.446 e. The average molecular weight is 251 g/mol. The fourth-order valence-corrected chi connectivity index (χ4v) is 1.84. The van der Waals surface area contributed by atoms with E-state index in [1.165, 1.54) is 18.2 Å². The summed E-state index contributed by atoms with van der Waals surface area (Å²) in [7, 11) is 0. The molecule has 0 radical (unpaired) electrons. The zero-order valence-corrected chi connectivity index (χ0v) is 9.40. The Morgan fingerprint density at radius 3 is 2.56 bits per heavy atom. The molecule has 2 nitrogen and oxygen atoms in total. The third-order valence-corrected chi connectivity index (χ3v) is 2.79. The van der Waals surface area contributed by atoms with E-state index in [1.807, 2.05) is 0 Å². The van der Waals surface area contributed by atoms with Crippen LogP contribution in [0.5, 0.6) is 5.75 Å².